The maximum atomic E-state index is 4.04. The fraction of sp³-hybridized carbons (Fsp3) is 0.364. The van der Waals surface area contributed by atoms with Crippen molar-refractivity contribution in [3.63, 3.8) is 0 Å². The largest absolute Gasteiger partial charge is 0.278 e. The number of nitrogens with zero attached hydrogens (tertiary/aromatic N) is 1. The summed E-state index contributed by atoms with van der Waals surface area (Å²) in [5.41, 5.74) is 3.89. The first kappa shape index (κ1) is 8.30. The van der Waals surface area contributed by atoms with Crippen molar-refractivity contribution in [3.8, 4) is 0 Å². The molecule has 2 heteroatoms. The summed E-state index contributed by atoms with van der Waals surface area (Å²) >= 11 is 0. The quantitative estimate of drug-likeness (QED) is 0.710. The van der Waals surface area contributed by atoms with Crippen molar-refractivity contribution in [2.24, 2.45) is 0 Å². The van der Waals surface area contributed by atoms with E-state index in [0.29, 0.717) is 5.92 Å². The Bertz CT molecular complexity index is 432. The summed E-state index contributed by atoms with van der Waals surface area (Å²) in [7, 11) is 0. The van der Waals surface area contributed by atoms with Gasteiger partial charge in [-0.05, 0) is 30.0 Å². The molecule has 0 saturated carbocycles. The van der Waals surface area contributed by atoms with Crippen LogP contribution in [0, 0.1) is 6.92 Å². The van der Waals surface area contributed by atoms with Gasteiger partial charge in [0, 0.05) is 6.81 Å². The summed E-state index contributed by atoms with van der Waals surface area (Å²) in [6.45, 7) is 6.59. The number of aromatic nitrogens is 2. The third-order valence-electron chi connectivity index (χ3n) is 2.56. The highest BCUT2D eigenvalue weighted by molar-refractivity contribution is 5.82. The average molecular weight is 176 g/mol. The molecule has 2 nitrogen and oxygen atoms in total. The van der Waals surface area contributed by atoms with Gasteiger partial charge in [-0.1, -0.05) is 19.9 Å². The minimum Gasteiger partial charge on any atom is -0.278 e. The molecule has 1 aromatic carbocycles. The Morgan fingerprint density at radius 1 is 1.38 bits per heavy atom. The van der Waals surface area contributed by atoms with Crippen LogP contribution in [0.3, 0.4) is 0 Å². The summed E-state index contributed by atoms with van der Waals surface area (Å²) < 4.78 is 0. The van der Waals surface area contributed by atoms with Gasteiger partial charge < -0.3 is 0 Å². The average Bonchev–Trinajstić information content (AvgIpc) is 2.52. The minimum atomic E-state index is 0. The van der Waals surface area contributed by atoms with E-state index in [0.717, 1.165) is 5.52 Å². The number of nitrogens with one attached hydrogen (secondary N) is 1. The van der Waals surface area contributed by atoms with Gasteiger partial charge in [0.05, 0.1) is 11.7 Å². The summed E-state index contributed by atoms with van der Waals surface area (Å²) in [6.07, 6.45) is 1.90. The third-order valence-corrected chi connectivity index (χ3v) is 2.56. The Morgan fingerprint density at radius 2 is 2.15 bits per heavy atom. The molecule has 70 valence electrons. The predicted octanol–water partition coefficient (Wildman–Crippen LogP) is 3.24. The van der Waals surface area contributed by atoms with Crippen LogP contribution < -0.4 is 0 Å². The number of fused-ring (bicyclic) bond motifs is 1. The number of aryl methyl sites for hydroxylation is 1. The van der Waals surface area contributed by atoms with Gasteiger partial charge in [-0.2, -0.15) is 5.10 Å². The Labute approximate surface area is 79.5 Å². The van der Waals surface area contributed by atoms with E-state index in [1.54, 1.807) is 0 Å². The normalized spacial score (nSPS) is 11.4. The summed E-state index contributed by atoms with van der Waals surface area (Å²) in [6, 6.07) is 4.28. The number of H-pyrrole nitrogens is 1. The standard InChI is InChI=1S/C11H14N2.H2/c1-7(2)9-4-5-11-10(8(9)3)6-12-13-11;/h4-7H,1-3H3,(H,12,13);1H. The SMILES string of the molecule is Cc1c(C(C)C)ccc2[nH]ncc12.[HH]. The molecule has 1 aromatic heterocycles. The lowest BCUT2D eigenvalue weighted by Gasteiger charge is -2.09. The van der Waals surface area contributed by atoms with Crippen molar-refractivity contribution in [3.05, 3.63) is 29.5 Å². The van der Waals surface area contributed by atoms with Crippen LogP contribution in [0.2, 0.25) is 0 Å². The molecule has 0 aliphatic carbocycles. The van der Waals surface area contributed by atoms with Gasteiger partial charge in [-0.15, -0.1) is 0 Å². The number of aromatic amines is 1. The van der Waals surface area contributed by atoms with Gasteiger partial charge in [0.1, 0.15) is 0 Å². The Kier molecular flexibility index (Phi) is 1.83. The Morgan fingerprint density at radius 3 is 2.85 bits per heavy atom. The zero-order valence-electron chi connectivity index (χ0n) is 8.26. The van der Waals surface area contributed by atoms with Crippen LogP contribution in [0.5, 0.6) is 0 Å². The van der Waals surface area contributed by atoms with Crippen LogP contribution in [-0.2, 0) is 0 Å². The van der Waals surface area contributed by atoms with E-state index in [4.69, 9.17) is 0 Å². The fourth-order valence-electron chi connectivity index (χ4n) is 1.80. The van der Waals surface area contributed by atoms with Gasteiger partial charge in [0.2, 0.25) is 0 Å². The molecular formula is C11H16N2. The van der Waals surface area contributed by atoms with E-state index in [2.05, 4.69) is 43.1 Å². The van der Waals surface area contributed by atoms with Crippen molar-refractivity contribution < 1.29 is 1.43 Å². The molecule has 0 atom stereocenters. The number of benzene rings is 1. The molecule has 0 aliphatic heterocycles. The molecule has 0 radical (unpaired) electrons. The van der Waals surface area contributed by atoms with Crippen molar-refractivity contribution in [1.29, 1.82) is 0 Å². The van der Waals surface area contributed by atoms with Crippen LogP contribution in [0.25, 0.3) is 10.9 Å². The molecule has 0 spiro atoms. The first-order valence-corrected chi connectivity index (χ1v) is 4.62. The molecule has 0 amide bonds. The van der Waals surface area contributed by atoms with Crippen molar-refractivity contribution in [2.45, 2.75) is 26.7 Å². The molecule has 13 heavy (non-hydrogen) atoms. The molecule has 0 fully saturated rings. The van der Waals surface area contributed by atoms with Gasteiger partial charge in [0.25, 0.3) is 0 Å². The highest BCUT2D eigenvalue weighted by atomic mass is 15.1. The van der Waals surface area contributed by atoms with E-state index < -0.39 is 0 Å². The minimum absolute atomic E-state index is 0. The highest BCUT2D eigenvalue weighted by Gasteiger charge is 2.07. The molecule has 1 heterocycles. The second-order valence-electron chi connectivity index (χ2n) is 3.77. The Hall–Kier alpha value is -1.31. The highest BCUT2D eigenvalue weighted by Crippen LogP contribution is 2.25. The summed E-state index contributed by atoms with van der Waals surface area (Å²) in [5.74, 6) is 0.583. The Balaban J connectivity index is 0.000000980. The molecular weight excluding hydrogens is 160 g/mol. The molecule has 0 saturated heterocycles. The van der Waals surface area contributed by atoms with Crippen molar-refractivity contribution >= 4 is 10.9 Å². The molecule has 0 bridgehead atoms. The summed E-state index contributed by atoms with van der Waals surface area (Å²) in [4.78, 5) is 0. The lowest BCUT2D eigenvalue weighted by atomic mass is 9.96. The molecule has 1 N–H and O–H groups in total. The van der Waals surface area contributed by atoms with E-state index >= 15 is 0 Å². The molecule has 2 rings (SSSR count). The van der Waals surface area contributed by atoms with Gasteiger partial charge in [0.15, 0.2) is 0 Å². The first-order chi connectivity index (χ1) is 6.20. The second kappa shape index (κ2) is 2.87. The van der Waals surface area contributed by atoms with Crippen molar-refractivity contribution in [1.82, 2.24) is 10.2 Å². The van der Waals surface area contributed by atoms with Gasteiger partial charge in [-0.25, -0.2) is 0 Å². The lowest BCUT2D eigenvalue weighted by molar-refractivity contribution is 0.859. The number of hydrogen-bond donors (Lipinski definition) is 1. The van der Waals surface area contributed by atoms with Crippen LogP contribution in [0.1, 0.15) is 32.3 Å². The molecule has 0 aliphatic rings. The topological polar surface area (TPSA) is 28.7 Å². The smallest absolute Gasteiger partial charge is 0.0653 e. The first-order valence-electron chi connectivity index (χ1n) is 4.62. The van der Waals surface area contributed by atoms with Crippen LogP contribution in [-0.4, -0.2) is 10.2 Å². The maximum Gasteiger partial charge on any atom is 0.0653 e. The molecule has 2 aromatic rings. The maximum absolute atomic E-state index is 4.04. The monoisotopic (exact) mass is 176 g/mol. The zero-order valence-corrected chi connectivity index (χ0v) is 8.26. The van der Waals surface area contributed by atoms with E-state index in [-0.39, 0.29) is 1.43 Å². The molecule has 0 unspecified atom stereocenters. The number of rotatable bonds is 1. The van der Waals surface area contributed by atoms with Gasteiger partial charge in [-0.3, -0.25) is 5.10 Å². The van der Waals surface area contributed by atoms with Crippen molar-refractivity contribution in [2.75, 3.05) is 0 Å². The fourth-order valence-corrected chi connectivity index (χ4v) is 1.80. The zero-order chi connectivity index (χ0) is 9.42. The van der Waals surface area contributed by atoms with E-state index in [1.807, 2.05) is 6.20 Å². The van der Waals surface area contributed by atoms with E-state index in [1.165, 1.54) is 16.5 Å². The lowest BCUT2D eigenvalue weighted by Crippen LogP contribution is -1.91. The second-order valence-corrected chi connectivity index (χ2v) is 3.77. The summed E-state index contributed by atoms with van der Waals surface area (Å²) in [5, 5.41) is 8.26. The van der Waals surface area contributed by atoms with Crippen LogP contribution in [0.15, 0.2) is 18.3 Å². The van der Waals surface area contributed by atoms with Gasteiger partial charge >= 0.3 is 0 Å². The van der Waals surface area contributed by atoms with E-state index in [9.17, 15) is 0 Å². The predicted molar refractivity (Wildman–Crippen MR) is 57.0 cm³/mol. The van der Waals surface area contributed by atoms with Crippen LogP contribution in [0.4, 0.5) is 0 Å². The third kappa shape index (κ3) is 1.22. The van der Waals surface area contributed by atoms with Crippen LogP contribution >= 0.6 is 0 Å². The number of hydrogen-bond acceptors (Lipinski definition) is 1.